The van der Waals surface area contributed by atoms with Crippen LogP contribution in [0.5, 0.6) is 11.6 Å². The molecule has 1 aromatic heterocycles. The molecule has 122 valence electrons. The Bertz CT molecular complexity index is 752. The van der Waals surface area contributed by atoms with Gasteiger partial charge in [0.15, 0.2) is 0 Å². The number of halogens is 1. The smallest absolute Gasteiger partial charge is 0.282 e. The molecule has 0 radical (unpaired) electrons. The van der Waals surface area contributed by atoms with E-state index in [2.05, 4.69) is 4.98 Å². The first-order valence-corrected chi connectivity index (χ1v) is 8.34. The summed E-state index contributed by atoms with van der Waals surface area (Å²) >= 11 is 5.77. The highest BCUT2D eigenvalue weighted by Crippen LogP contribution is 2.33. The Hall–Kier alpha value is -1.95. The molecule has 23 heavy (non-hydrogen) atoms. The van der Waals surface area contributed by atoms with Crippen LogP contribution in [0.1, 0.15) is 12.5 Å². The molecule has 1 unspecified atom stereocenters. The van der Waals surface area contributed by atoms with E-state index in [0.717, 1.165) is 0 Å². The molecule has 1 atom stereocenters. The normalized spacial score (nSPS) is 12.0. The molecule has 2 aromatic rings. The Labute approximate surface area is 138 Å². The summed E-state index contributed by atoms with van der Waals surface area (Å²) in [7, 11) is -1.50. The van der Waals surface area contributed by atoms with Crippen LogP contribution >= 0.6 is 19.6 Å². The zero-order valence-corrected chi connectivity index (χ0v) is 14.2. The van der Waals surface area contributed by atoms with E-state index >= 15 is 0 Å². The molecule has 1 aromatic carbocycles. The number of hydrogen-bond acceptors (Lipinski definition) is 6. The standard InChI is InChI=1S/C14H14ClN2O5P/c1-3-9-6-11(17(18)19)13(23(20)21-2)7-12(9)22-14-5-4-10(15)8-16-14/h4-8,23H,3H2,1-2H3. The van der Waals surface area contributed by atoms with Gasteiger partial charge in [0.25, 0.3) is 5.69 Å². The second-order valence-electron chi connectivity index (χ2n) is 4.50. The predicted molar refractivity (Wildman–Crippen MR) is 87.4 cm³/mol. The fourth-order valence-electron chi connectivity index (χ4n) is 1.94. The van der Waals surface area contributed by atoms with Gasteiger partial charge in [0.1, 0.15) is 11.1 Å². The van der Waals surface area contributed by atoms with Gasteiger partial charge in [-0.3, -0.25) is 14.7 Å². The molecule has 0 aliphatic rings. The third-order valence-corrected chi connectivity index (χ3v) is 4.51. The van der Waals surface area contributed by atoms with Crippen molar-refractivity contribution < 1.29 is 18.7 Å². The van der Waals surface area contributed by atoms with Crippen LogP contribution in [-0.2, 0) is 15.5 Å². The molecule has 0 aliphatic carbocycles. The quantitative estimate of drug-likeness (QED) is 0.444. The Morgan fingerprint density at radius 3 is 2.65 bits per heavy atom. The monoisotopic (exact) mass is 356 g/mol. The van der Waals surface area contributed by atoms with Gasteiger partial charge >= 0.3 is 0 Å². The molecule has 0 aliphatic heterocycles. The van der Waals surface area contributed by atoms with Gasteiger partial charge in [0.05, 0.1) is 9.95 Å². The van der Waals surface area contributed by atoms with Crippen LogP contribution in [0.25, 0.3) is 0 Å². The van der Waals surface area contributed by atoms with Crippen molar-refractivity contribution in [3.8, 4) is 11.6 Å². The Balaban J connectivity index is 2.51. The van der Waals surface area contributed by atoms with Crippen LogP contribution in [0.15, 0.2) is 30.5 Å². The van der Waals surface area contributed by atoms with E-state index in [1.807, 2.05) is 6.92 Å². The lowest BCUT2D eigenvalue weighted by Gasteiger charge is -2.12. The molecule has 2 rings (SSSR count). The van der Waals surface area contributed by atoms with E-state index in [1.165, 1.54) is 25.4 Å². The number of nitro groups is 1. The number of nitro benzene ring substituents is 1. The van der Waals surface area contributed by atoms with Crippen molar-refractivity contribution in [2.45, 2.75) is 13.3 Å². The fraction of sp³-hybridized carbons (Fsp3) is 0.214. The number of aromatic nitrogens is 1. The molecule has 0 spiro atoms. The van der Waals surface area contributed by atoms with E-state index in [-0.39, 0.29) is 16.9 Å². The van der Waals surface area contributed by atoms with E-state index in [4.69, 9.17) is 20.9 Å². The molecule has 0 amide bonds. The number of pyridine rings is 1. The van der Waals surface area contributed by atoms with E-state index in [0.29, 0.717) is 22.8 Å². The average Bonchev–Trinajstić information content (AvgIpc) is 2.55. The molecular formula is C14H14ClN2O5P. The van der Waals surface area contributed by atoms with Crippen LogP contribution in [-0.4, -0.2) is 17.0 Å². The van der Waals surface area contributed by atoms with Crippen molar-refractivity contribution in [2.75, 3.05) is 7.11 Å². The van der Waals surface area contributed by atoms with Gasteiger partial charge in [-0.05, 0) is 12.5 Å². The third-order valence-electron chi connectivity index (χ3n) is 3.08. The van der Waals surface area contributed by atoms with E-state index in [9.17, 15) is 14.7 Å². The van der Waals surface area contributed by atoms with Crippen LogP contribution in [0, 0.1) is 10.1 Å². The summed E-state index contributed by atoms with van der Waals surface area (Å²) in [6.07, 6.45) is 1.92. The average molecular weight is 357 g/mol. The molecule has 0 fully saturated rings. The van der Waals surface area contributed by atoms with Gasteiger partial charge in [0, 0.05) is 37.1 Å². The number of rotatable bonds is 6. The highest BCUT2D eigenvalue weighted by atomic mass is 35.5. The first kappa shape index (κ1) is 17.4. The highest BCUT2D eigenvalue weighted by Gasteiger charge is 2.23. The first-order valence-electron chi connectivity index (χ1n) is 6.65. The SMILES string of the molecule is CCc1cc([N+](=O)[O-])c([PH](=O)OC)cc1Oc1ccc(Cl)cn1. The largest absolute Gasteiger partial charge is 0.439 e. The lowest BCUT2D eigenvalue weighted by Crippen LogP contribution is -2.08. The summed E-state index contributed by atoms with van der Waals surface area (Å²) in [5, 5.41) is 11.6. The van der Waals surface area contributed by atoms with Crippen molar-refractivity contribution in [3.05, 3.63) is 51.2 Å². The van der Waals surface area contributed by atoms with Gasteiger partial charge in [-0.2, -0.15) is 0 Å². The maximum atomic E-state index is 12.0. The maximum Gasteiger partial charge on any atom is 0.282 e. The van der Waals surface area contributed by atoms with Gasteiger partial charge in [0.2, 0.25) is 13.9 Å². The highest BCUT2D eigenvalue weighted by molar-refractivity contribution is 7.48. The summed E-state index contributed by atoms with van der Waals surface area (Å²) < 4.78 is 22.4. The summed E-state index contributed by atoms with van der Waals surface area (Å²) in [4.78, 5) is 14.6. The molecule has 0 N–H and O–H groups in total. The minimum atomic E-state index is -2.74. The maximum absolute atomic E-state index is 12.0. The lowest BCUT2D eigenvalue weighted by atomic mass is 10.1. The van der Waals surface area contributed by atoms with Crippen LogP contribution in [0.2, 0.25) is 5.02 Å². The van der Waals surface area contributed by atoms with E-state index < -0.39 is 13.0 Å². The van der Waals surface area contributed by atoms with Crippen molar-refractivity contribution in [1.82, 2.24) is 4.98 Å². The Kier molecular flexibility index (Phi) is 5.71. The molecule has 9 heteroatoms. The van der Waals surface area contributed by atoms with Crippen LogP contribution in [0.3, 0.4) is 0 Å². The minimum absolute atomic E-state index is 0.00339. The van der Waals surface area contributed by atoms with Gasteiger partial charge in [-0.15, -0.1) is 0 Å². The van der Waals surface area contributed by atoms with E-state index in [1.54, 1.807) is 12.1 Å². The molecule has 0 saturated carbocycles. The summed E-state index contributed by atoms with van der Waals surface area (Å²) in [5.74, 6) is 0.624. The number of nitrogens with zero attached hydrogens (tertiary/aromatic N) is 2. The summed E-state index contributed by atoms with van der Waals surface area (Å²) in [6.45, 7) is 1.83. The lowest BCUT2D eigenvalue weighted by molar-refractivity contribution is -0.383. The third kappa shape index (κ3) is 4.07. The number of aryl methyl sites for hydroxylation is 1. The number of ether oxygens (including phenoxy) is 1. The molecule has 0 saturated heterocycles. The second-order valence-corrected chi connectivity index (χ2v) is 6.45. The van der Waals surface area contributed by atoms with Gasteiger partial charge < -0.3 is 9.26 Å². The van der Waals surface area contributed by atoms with Crippen molar-refractivity contribution >= 4 is 30.6 Å². The molecule has 7 nitrogen and oxygen atoms in total. The number of hydrogen-bond donors (Lipinski definition) is 0. The second kappa shape index (κ2) is 7.55. The minimum Gasteiger partial charge on any atom is -0.439 e. The first-order chi connectivity index (χ1) is 11.0. The Morgan fingerprint density at radius 1 is 1.39 bits per heavy atom. The fourth-order valence-corrected chi connectivity index (χ4v) is 2.90. The molecule has 1 heterocycles. The summed E-state index contributed by atoms with van der Waals surface area (Å²) in [5.41, 5.74) is 0.354. The topological polar surface area (TPSA) is 91.6 Å². The predicted octanol–water partition coefficient (Wildman–Crippen LogP) is 3.74. The summed E-state index contributed by atoms with van der Waals surface area (Å²) in [6, 6.07) is 5.91. The molecular weight excluding hydrogens is 343 g/mol. The van der Waals surface area contributed by atoms with Crippen molar-refractivity contribution in [1.29, 1.82) is 0 Å². The zero-order valence-electron chi connectivity index (χ0n) is 12.4. The zero-order chi connectivity index (χ0) is 17.0. The van der Waals surface area contributed by atoms with Crippen molar-refractivity contribution in [3.63, 3.8) is 0 Å². The number of benzene rings is 1. The van der Waals surface area contributed by atoms with Gasteiger partial charge in [-0.25, -0.2) is 4.98 Å². The van der Waals surface area contributed by atoms with Crippen LogP contribution < -0.4 is 10.0 Å². The van der Waals surface area contributed by atoms with Crippen molar-refractivity contribution in [2.24, 2.45) is 0 Å². The van der Waals surface area contributed by atoms with Gasteiger partial charge in [-0.1, -0.05) is 18.5 Å². The van der Waals surface area contributed by atoms with Crippen LogP contribution in [0.4, 0.5) is 5.69 Å². The molecule has 0 bridgehead atoms. The Morgan fingerprint density at radius 2 is 2.13 bits per heavy atom.